The molecule has 2 aliphatic heterocycles. The Morgan fingerprint density at radius 3 is 2.68 bits per heavy atom. The maximum Gasteiger partial charge on any atom is 0.252 e. The lowest BCUT2D eigenvalue weighted by Crippen LogP contribution is -2.29. The van der Waals surface area contributed by atoms with Crippen LogP contribution in [0.1, 0.15) is 39.9 Å². The normalized spacial score (nSPS) is 15.5. The molecule has 0 radical (unpaired) electrons. The molecule has 4 rings (SSSR count). The molecule has 2 heterocycles. The first kappa shape index (κ1) is 19.0. The summed E-state index contributed by atoms with van der Waals surface area (Å²) in [6.07, 6.45) is 2.18. The third-order valence-corrected chi connectivity index (χ3v) is 6.35. The van der Waals surface area contributed by atoms with Crippen LogP contribution in [0.5, 0.6) is 0 Å². The molecule has 1 fully saturated rings. The van der Waals surface area contributed by atoms with Gasteiger partial charge in [-0.2, -0.15) is 0 Å². The van der Waals surface area contributed by atoms with E-state index in [1.165, 1.54) is 22.9 Å². The van der Waals surface area contributed by atoms with Gasteiger partial charge in [-0.15, -0.1) is 11.8 Å². The lowest BCUT2D eigenvalue weighted by Gasteiger charge is -2.15. The van der Waals surface area contributed by atoms with E-state index in [0.29, 0.717) is 17.9 Å². The summed E-state index contributed by atoms with van der Waals surface area (Å²) in [5.74, 6) is 0.432. The van der Waals surface area contributed by atoms with Gasteiger partial charge in [0.1, 0.15) is 0 Å². The zero-order valence-electron chi connectivity index (χ0n) is 15.9. The highest BCUT2D eigenvalue weighted by atomic mass is 32.2. The van der Waals surface area contributed by atoms with Crippen LogP contribution in [-0.2, 0) is 24.4 Å². The second-order valence-corrected chi connectivity index (χ2v) is 8.28. The van der Waals surface area contributed by atoms with Gasteiger partial charge in [0, 0.05) is 37.6 Å². The number of likely N-dealkylation sites (tertiary alicyclic amines) is 1. The average Bonchev–Trinajstić information content (AvgIpc) is 3.42. The molecule has 1 saturated heterocycles. The van der Waals surface area contributed by atoms with Crippen LogP contribution in [-0.4, -0.2) is 35.6 Å². The van der Waals surface area contributed by atoms with Crippen LogP contribution < -0.4 is 10.6 Å². The van der Waals surface area contributed by atoms with Crippen LogP contribution in [0.25, 0.3) is 0 Å². The predicted octanol–water partition coefficient (Wildman–Crippen LogP) is 2.93. The minimum atomic E-state index is -0.102. The van der Waals surface area contributed by atoms with Crippen molar-refractivity contribution in [1.82, 2.24) is 15.5 Å². The summed E-state index contributed by atoms with van der Waals surface area (Å²) >= 11 is 1.45. The molecule has 2 N–H and O–H groups in total. The number of fused-ring (bicyclic) bond motifs is 1. The predicted molar refractivity (Wildman–Crippen MR) is 111 cm³/mol. The Morgan fingerprint density at radius 2 is 1.82 bits per heavy atom. The summed E-state index contributed by atoms with van der Waals surface area (Å²) in [7, 11) is 0. The van der Waals surface area contributed by atoms with Crippen molar-refractivity contribution >= 4 is 23.6 Å². The molecular formula is C22H25N3O2S. The number of carbonyl (C=O) groups is 2. The van der Waals surface area contributed by atoms with E-state index >= 15 is 0 Å². The van der Waals surface area contributed by atoms with Gasteiger partial charge in [0.05, 0.1) is 11.3 Å². The lowest BCUT2D eigenvalue weighted by molar-refractivity contribution is -0.127. The standard InChI is InChI=1S/C22H25N3O2S/c26-21(25-9-3-4-10-25)15-28-20-6-2-1-5-19(20)22(27)24-12-16-7-8-17-13-23-14-18(17)11-16/h1-2,5-8,11,23H,3-4,9-10,12-15H2,(H,24,27). The van der Waals surface area contributed by atoms with Crippen molar-refractivity contribution in [3.8, 4) is 0 Å². The van der Waals surface area contributed by atoms with Crippen LogP contribution in [0.3, 0.4) is 0 Å². The second kappa shape index (κ2) is 8.80. The third kappa shape index (κ3) is 4.39. The van der Waals surface area contributed by atoms with Gasteiger partial charge in [-0.05, 0) is 41.7 Å². The van der Waals surface area contributed by atoms with E-state index < -0.39 is 0 Å². The molecule has 6 heteroatoms. The zero-order chi connectivity index (χ0) is 19.3. The Morgan fingerprint density at radius 1 is 1.04 bits per heavy atom. The van der Waals surface area contributed by atoms with E-state index in [4.69, 9.17) is 0 Å². The number of rotatable bonds is 6. The number of carbonyl (C=O) groups excluding carboxylic acids is 2. The highest BCUT2D eigenvalue weighted by Gasteiger charge is 2.19. The minimum Gasteiger partial charge on any atom is -0.348 e. The molecule has 5 nitrogen and oxygen atoms in total. The fourth-order valence-corrected chi connectivity index (χ4v) is 4.67. The van der Waals surface area contributed by atoms with Crippen molar-refractivity contribution in [3.63, 3.8) is 0 Å². The minimum absolute atomic E-state index is 0.102. The quantitative estimate of drug-likeness (QED) is 0.739. The second-order valence-electron chi connectivity index (χ2n) is 7.26. The molecule has 2 aromatic rings. The van der Waals surface area contributed by atoms with E-state index in [1.54, 1.807) is 0 Å². The molecule has 0 aromatic heterocycles. The van der Waals surface area contributed by atoms with Gasteiger partial charge < -0.3 is 15.5 Å². The summed E-state index contributed by atoms with van der Waals surface area (Å²) in [6.45, 7) is 4.03. The van der Waals surface area contributed by atoms with E-state index in [0.717, 1.165) is 49.5 Å². The van der Waals surface area contributed by atoms with Crippen LogP contribution >= 0.6 is 11.8 Å². The van der Waals surface area contributed by atoms with Gasteiger partial charge in [-0.1, -0.05) is 30.3 Å². The van der Waals surface area contributed by atoms with E-state index in [2.05, 4.69) is 28.8 Å². The Hall–Kier alpha value is -2.31. The van der Waals surface area contributed by atoms with Crippen molar-refractivity contribution in [2.75, 3.05) is 18.8 Å². The van der Waals surface area contributed by atoms with Crippen LogP contribution in [0.2, 0.25) is 0 Å². The lowest BCUT2D eigenvalue weighted by atomic mass is 10.1. The number of hydrogen-bond donors (Lipinski definition) is 2. The Labute approximate surface area is 169 Å². The molecule has 0 saturated carbocycles. The first-order valence-electron chi connectivity index (χ1n) is 9.80. The Kier molecular flexibility index (Phi) is 5.98. The maximum atomic E-state index is 12.7. The van der Waals surface area contributed by atoms with E-state index in [1.807, 2.05) is 29.2 Å². The van der Waals surface area contributed by atoms with Crippen molar-refractivity contribution < 1.29 is 9.59 Å². The maximum absolute atomic E-state index is 12.7. The van der Waals surface area contributed by atoms with E-state index in [9.17, 15) is 9.59 Å². The van der Waals surface area contributed by atoms with Crippen LogP contribution in [0.4, 0.5) is 0 Å². The smallest absolute Gasteiger partial charge is 0.252 e. The van der Waals surface area contributed by atoms with Gasteiger partial charge in [0.2, 0.25) is 5.91 Å². The number of nitrogens with zero attached hydrogens (tertiary/aromatic N) is 1. The molecule has 2 aliphatic rings. The summed E-state index contributed by atoms with van der Waals surface area (Å²) in [5.41, 5.74) is 4.37. The fraction of sp³-hybridized carbons (Fsp3) is 0.364. The molecule has 0 aliphatic carbocycles. The van der Waals surface area contributed by atoms with Crippen LogP contribution in [0, 0.1) is 0 Å². The van der Waals surface area contributed by atoms with Gasteiger partial charge in [-0.25, -0.2) is 0 Å². The van der Waals surface area contributed by atoms with E-state index in [-0.39, 0.29) is 11.8 Å². The topological polar surface area (TPSA) is 61.4 Å². The highest BCUT2D eigenvalue weighted by molar-refractivity contribution is 8.00. The monoisotopic (exact) mass is 395 g/mol. The summed E-state index contributed by atoms with van der Waals surface area (Å²) < 4.78 is 0. The van der Waals surface area contributed by atoms with Crippen molar-refractivity contribution in [2.24, 2.45) is 0 Å². The first-order chi connectivity index (χ1) is 13.7. The van der Waals surface area contributed by atoms with Gasteiger partial charge in [0.25, 0.3) is 5.91 Å². The average molecular weight is 396 g/mol. The van der Waals surface area contributed by atoms with Crippen molar-refractivity contribution in [1.29, 1.82) is 0 Å². The molecule has 28 heavy (non-hydrogen) atoms. The molecule has 0 bridgehead atoms. The molecule has 146 valence electrons. The number of benzene rings is 2. The summed E-state index contributed by atoms with van der Waals surface area (Å²) in [6, 6.07) is 13.9. The number of nitrogens with one attached hydrogen (secondary N) is 2. The fourth-order valence-electron chi connectivity index (χ4n) is 3.71. The SMILES string of the molecule is O=C(NCc1ccc2c(c1)CNC2)c1ccccc1SCC(=O)N1CCCC1. The van der Waals surface area contributed by atoms with Crippen molar-refractivity contribution in [2.45, 2.75) is 37.4 Å². The molecule has 0 atom stereocenters. The molecule has 2 aromatic carbocycles. The Balaban J connectivity index is 1.36. The largest absolute Gasteiger partial charge is 0.348 e. The van der Waals surface area contributed by atoms with Gasteiger partial charge >= 0.3 is 0 Å². The number of thioether (sulfide) groups is 1. The number of amides is 2. The summed E-state index contributed by atoms with van der Waals surface area (Å²) in [4.78, 5) is 27.8. The van der Waals surface area contributed by atoms with Crippen molar-refractivity contribution in [3.05, 3.63) is 64.7 Å². The molecular weight excluding hydrogens is 370 g/mol. The number of hydrogen-bond acceptors (Lipinski definition) is 4. The molecule has 2 amide bonds. The molecule has 0 spiro atoms. The molecule has 0 unspecified atom stereocenters. The Bertz CT molecular complexity index is 878. The van der Waals surface area contributed by atoms with Gasteiger partial charge in [-0.3, -0.25) is 9.59 Å². The highest BCUT2D eigenvalue weighted by Crippen LogP contribution is 2.24. The third-order valence-electron chi connectivity index (χ3n) is 5.30. The van der Waals surface area contributed by atoms with Gasteiger partial charge in [0.15, 0.2) is 0 Å². The van der Waals surface area contributed by atoms with Crippen LogP contribution in [0.15, 0.2) is 47.4 Å². The zero-order valence-corrected chi connectivity index (χ0v) is 16.7. The first-order valence-corrected chi connectivity index (χ1v) is 10.8. The summed E-state index contributed by atoms with van der Waals surface area (Å²) in [5, 5.41) is 6.36.